The van der Waals surface area contributed by atoms with Crippen molar-refractivity contribution in [3.63, 3.8) is 0 Å². The summed E-state index contributed by atoms with van der Waals surface area (Å²) in [7, 11) is 4.07. The van der Waals surface area contributed by atoms with Crippen LogP contribution in [-0.4, -0.2) is 58.9 Å². The summed E-state index contributed by atoms with van der Waals surface area (Å²) in [5.41, 5.74) is 8.65. The fourth-order valence-corrected chi connectivity index (χ4v) is 5.74. The molecule has 3 aromatic carbocycles. The number of thiazole rings is 1. The van der Waals surface area contributed by atoms with Gasteiger partial charge in [0.25, 0.3) is 5.91 Å². The van der Waals surface area contributed by atoms with Crippen molar-refractivity contribution in [1.82, 2.24) is 19.8 Å². The van der Waals surface area contributed by atoms with Crippen LogP contribution in [0.4, 0.5) is 11.4 Å². The van der Waals surface area contributed by atoms with Gasteiger partial charge in [-0.15, -0.1) is 11.3 Å². The number of nitrogens with one attached hydrogen (secondary N) is 1. The lowest BCUT2D eigenvalue weighted by Gasteiger charge is -2.35. The quantitative estimate of drug-likeness (QED) is 0.297. The molecule has 0 atom stereocenters. The Hall–Kier alpha value is -3.81. The molecule has 0 spiro atoms. The first kappa shape index (κ1) is 23.6. The molecule has 1 aliphatic rings. The van der Waals surface area contributed by atoms with Crippen molar-refractivity contribution >= 4 is 49.7 Å². The molecule has 6 rings (SSSR count). The Labute approximate surface area is 220 Å². The van der Waals surface area contributed by atoms with Crippen molar-refractivity contribution in [3.05, 3.63) is 84.0 Å². The number of likely N-dealkylation sites (tertiary alicyclic amines) is 1. The standard InChI is InChI=1S/C30H29N5OS/c1-34-15-12-24(13-16-34)35(2)30(36)21-5-3-20(4-6-21)22-7-9-25-26(11-14-31-27(25)17-22)33-23-8-10-29-28(18-23)32-19-37-29/h3-11,14,17-19,24H,12-13,15-16H2,1-2H3,(H,31,33). The Morgan fingerprint density at radius 2 is 1.73 bits per heavy atom. The van der Waals surface area contributed by atoms with E-state index in [0.29, 0.717) is 6.04 Å². The second kappa shape index (κ2) is 9.92. The molecule has 0 radical (unpaired) electrons. The third-order valence-corrected chi connectivity index (χ3v) is 8.18. The van der Waals surface area contributed by atoms with Crippen LogP contribution in [-0.2, 0) is 0 Å². The molecule has 1 aliphatic heterocycles. The van der Waals surface area contributed by atoms with E-state index in [2.05, 4.69) is 63.6 Å². The summed E-state index contributed by atoms with van der Waals surface area (Å²) in [6.45, 7) is 2.07. The lowest BCUT2D eigenvalue weighted by Crippen LogP contribution is -2.44. The van der Waals surface area contributed by atoms with Gasteiger partial charge >= 0.3 is 0 Å². The third kappa shape index (κ3) is 4.80. The maximum Gasteiger partial charge on any atom is 0.253 e. The highest BCUT2D eigenvalue weighted by Crippen LogP contribution is 2.31. The number of hydrogen-bond donors (Lipinski definition) is 1. The average molecular weight is 508 g/mol. The van der Waals surface area contributed by atoms with E-state index in [4.69, 9.17) is 0 Å². The normalized spacial score (nSPS) is 14.8. The number of piperidine rings is 1. The number of carbonyl (C=O) groups excluding carboxylic acids is 1. The number of benzene rings is 3. The number of aromatic nitrogens is 2. The van der Waals surface area contributed by atoms with E-state index in [1.165, 1.54) is 4.70 Å². The first-order valence-electron chi connectivity index (χ1n) is 12.6. The summed E-state index contributed by atoms with van der Waals surface area (Å²) >= 11 is 1.64. The van der Waals surface area contributed by atoms with Crippen LogP contribution in [0.5, 0.6) is 0 Å². The molecule has 5 aromatic rings. The first-order chi connectivity index (χ1) is 18.0. The summed E-state index contributed by atoms with van der Waals surface area (Å²) in [6.07, 6.45) is 3.88. The topological polar surface area (TPSA) is 61.4 Å². The fourth-order valence-electron chi connectivity index (χ4n) is 5.08. The number of rotatable bonds is 5. The van der Waals surface area contributed by atoms with Gasteiger partial charge in [-0.05, 0) is 86.6 Å². The predicted octanol–water partition coefficient (Wildman–Crippen LogP) is 6.42. The number of hydrogen-bond acceptors (Lipinski definition) is 6. The van der Waals surface area contributed by atoms with Crippen LogP contribution in [0.3, 0.4) is 0 Å². The zero-order valence-corrected chi connectivity index (χ0v) is 21.8. The first-order valence-corrected chi connectivity index (χ1v) is 13.5. The molecular formula is C30H29N5OS. The van der Waals surface area contributed by atoms with Crippen LogP contribution in [0.25, 0.3) is 32.2 Å². The number of anilines is 2. The van der Waals surface area contributed by atoms with Gasteiger partial charge in [-0.3, -0.25) is 9.78 Å². The van der Waals surface area contributed by atoms with Gasteiger partial charge in [-0.2, -0.15) is 0 Å². The summed E-state index contributed by atoms with van der Waals surface area (Å²) in [5.74, 6) is 0.0906. The number of amides is 1. The molecule has 186 valence electrons. The van der Waals surface area contributed by atoms with E-state index >= 15 is 0 Å². The Morgan fingerprint density at radius 1 is 0.946 bits per heavy atom. The highest BCUT2D eigenvalue weighted by atomic mass is 32.1. The smallest absolute Gasteiger partial charge is 0.253 e. The Balaban J connectivity index is 1.21. The molecule has 0 aliphatic carbocycles. The van der Waals surface area contributed by atoms with Crippen molar-refractivity contribution in [2.45, 2.75) is 18.9 Å². The monoisotopic (exact) mass is 507 g/mol. The van der Waals surface area contributed by atoms with Gasteiger partial charge in [-0.25, -0.2) is 4.98 Å². The van der Waals surface area contributed by atoms with Gasteiger partial charge in [0, 0.05) is 41.6 Å². The number of nitrogens with zero attached hydrogens (tertiary/aromatic N) is 4. The molecule has 7 heteroatoms. The van der Waals surface area contributed by atoms with E-state index in [0.717, 1.165) is 70.4 Å². The molecule has 1 N–H and O–H groups in total. The van der Waals surface area contributed by atoms with Crippen molar-refractivity contribution in [2.75, 3.05) is 32.5 Å². The maximum atomic E-state index is 13.1. The zero-order valence-electron chi connectivity index (χ0n) is 21.0. The van der Waals surface area contributed by atoms with Gasteiger partial charge in [0.15, 0.2) is 0 Å². The molecule has 6 nitrogen and oxygen atoms in total. The van der Waals surface area contributed by atoms with Crippen molar-refractivity contribution in [2.24, 2.45) is 0 Å². The Kier molecular flexibility index (Phi) is 6.32. The molecule has 0 bridgehead atoms. The van der Waals surface area contributed by atoms with E-state index < -0.39 is 0 Å². The summed E-state index contributed by atoms with van der Waals surface area (Å²) in [5, 5.41) is 4.58. The highest BCUT2D eigenvalue weighted by Gasteiger charge is 2.24. The van der Waals surface area contributed by atoms with Crippen LogP contribution in [0.2, 0.25) is 0 Å². The SMILES string of the molecule is CN1CCC(N(C)C(=O)c2ccc(-c3ccc4c(Nc5ccc6scnc6c5)ccnc4c3)cc2)CC1. The molecule has 3 heterocycles. The van der Waals surface area contributed by atoms with Crippen molar-refractivity contribution in [1.29, 1.82) is 0 Å². The van der Waals surface area contributed by atoms with E-state index in [1.54, 1.807) is 11.3 Å². The van der Waals surface area contributed by atoms with Gasteiger partial charge in [0.05, 0.1) is 21.2 Å². The molecule has 0 saturated carbocycles. The van der Waals surface area contributed by atoms with Gasteiger partial charge in [-0.1, -0.05) is 24.3 Å². The Bertz CT molecular complexity index is 1570. The summed E-state index contributed by atoms with van der Waals surface area (Å²) in [6, 6.07) is 22.8. The zero-order chi connectivity index (χ0) is 25.4. The van der Waals surface area contributed by atoms with Crippen LogP contribution >= 0.6 is 11.3 Å². The largest absolute Gasteiger partial charge is 0.355 e. The molecule has 37 heavy (non-hydrogen) atoms. The predicted molar refractivity (Wildman–Crippen MR) is 153 cm³/mol. The molecule has 1 fully saturated rings. The van der Waals surface area contributed by atoms with Crippen molar-refractivity contribution in [3.8, 4) is 11.1 Å². The second-order valence-electron chi connectivity index (χ2n) is 9.78. The minimum Gasteiger partial charge on any atom is -0.355 e. The van der Waals surface area contributed by atoms with E-state index in [-0.39, 0.29) is 5.91 Å². The van der Waals surface area contributed by atoms with E-state index in [9.17, 15) is 4.79 Å². The third-order valence-electron chi connectivity index (χ3n) is 7.37. The summed E-state index contributed by atoms with van der Waals surface area (Å²) in [4.78, 5) is 26.4. The van der Waals surface area contributed by atoms with Crippen LogP contribution in [0.15, 0.2) is 78.4 Å². The van der Waals surface area contributed by atoms with Crippen LogP contribution < -0.4 is 5.32 Å². The molecular weight excluding hydrogens is 478 g/mol. The van der Waals surface area contributed by atoms with Gasteiger partial charge < -0.3 is 15.1 Å². The van der Waals surface area contributed by atoms with Gasteiger partial charge in [0.2, 0.25) is 0 Å². The lowest BCUT2D eigenvalue weighted by atomic mass is 10.00. The van der Waals surface area contributed by atoms with Gasteiger partial charge in [0.1, 0.15) is 0 Å². The van der Waals surface area contributed by atoms with Crippen molar-refractivity contribution < 1.29 is 4.79 Å². The molecule has 1 amide bonds. The Morgan fingerprint density at radius 3 is 2.54 bits per heavy atom. The average Bonchev–Trinajstić information content (AvgIpc) is 3.41. The number of pyridine rings is 1. The number of fused-ring (bicyclic) bond motifs is 2. The minimum absolute atomic E-state index is 0.0906. The maximum absolute atomic E-state index is 13.1. The fraction of sp³-hybridized carbons (Fsp3) is 0.233. The number of carbonyl (C=O) groups is 1. The molecule has 1 saturated heterocycles. The molecule has 2 aromatic heterocycles. The lowest BCUT2D eigenvalue weighted by molar-refractivity contribution is 0.0659. The van der Waals surface area contributed by atoms with Crippen LogP contribution in [0.1, 0.15) is 23.2 Å². The minimum atomic E-state index is 0.0906. The van der Waals surface area contributed by atoms with Crippen LogP contribution in [0, 0.1) is 0 Å². The highest BCUT2D eigenvalue weighted by molar-refractivity contribution is 7.16. The van der Waals surface area contributed by atoms with E-state index in [1.807, 2.05) is 54.0 Å². The summed E-state index contributed by atoms with van der Waals surface area (Å²) < 4.78 is 1.18. The molecule has 0 unspecified atom stereocenters. The second-order valence-corrected chi connectivity index (χ2v) is 10.7.